The van der Waals surface area contributed by atoms with E-state index in [0.717, 1.165) is 0 Å². The molecule has 0 aromatic rings. The maximum atomic E-state index is 9.12. The summed E-state index contributed by atoms with van der Waals surface area (Å²) in [5.41, 5.74) is 0.218. The van der Waals surface area contributed by atoms with E-state index in [4.69, 9.17) is 5.11 Å². The van der Waals surface area contributed by atoms with Crippen molar-refractivity contribution in [3.05, 3.63) is 6.61 Å². The Bertz CT molecular complexity index is 108. The Morgan fingerprint density at radius 3 is 2.33 bits per heavy atom. The minimum atomic E-state index is 0. The maximum absolute atomic E-state index is 9.12. The molecular formula is C10H19OPr-. The van der Waals surface area contributed by atoms with E-state index >= 15 is 0 Å². The van der Waals surface area contributed by atoms with Crippen LogP contribution in [0.5, 0.6) is 0 Å². The van der Waals surface area contributed by atoms with Crippen molar-refractivity contribution in [3.8, 4) is 0 Å². The fourth-order valence-corrected chi connectivity index (χ4v) is 2.05. The van der Waals surface area contributed by atoms with E-state index in [2.05, 4.69) is 6.92 Å². The number of hydrogen-bond acceptors (Lipinski definition) is 1. The molecule has 1 radical (unpaired) electrons. The largest absolute Gasteiger partial charge is 0.565 e. The molecule has 0 atom stereocenters. The van der Waals surface area contributed by atoms with Crippen LogP contribution in [0.3, 0.4) is 0 Å². The zero-order chi connectivity index (χ0) is 8.16. The molecule has 1 aliphatic carbocycles. The fraction of sp³-hybridized carbons (Fsp3) is 0.900. The molecular weight excluding hydrogens is 277 g/mol. The molecule has 1 saturated carbocycles. The predicted molar refractivity (Wildman–Crippen MR) is 46.7 cm³/mol. The standard InChI is InChI=1S/C10H19O.Pr/c1-2-3-6-10(9-11)7-4-5-8-10;/h9,11H,2-8H2,1H3;/q-1;. The minimum absolute atomic E-state index is 0. The first-order valence-corrected chi connectivity index (χ1v) is 4.81. The van der Waals surface area contributed by atoms with Crippen LogP contribution >= 0.6 is 0 Å². The number of aliphatic hydroxyl groups is 1. The number of aliphatic hydroxyl groups excluding tert-OH is 1. The minimum Gasteiger partial charge on any atom is -0.565 e. The molecule has 1 fully saturated rings. The van der Waals surface area contributed by atoms with E-state index in [1.54, 1.807) is 0 Å². The molecule has 0 amide bonds. The average molecular weight is 296 g/mol. The maximum Gasteiger partial charge on any atom is 0 e. The molecule has 0 bridgehead atoms. The van der Waals surface area contributed by atoms with E-state index in [-0.39, 0.29) is 46.7 Å². The first-order valence-electron chi connectivity index (χ1n) is 4.81. The van der Waals surface area contributed by atoms with Crippen molar-refractivity contribution >= 4 is 0 Å². The average Bonchev–Trinajstić information content (AvgIpc) is 2.50. The van der Waals surface area contributed by atoms with Gasteiger partial charge in [0.25, 0.3) is 0 Å². The van der Waals surface area contributed by atoms with Gasteiger partial charge in [-0.15, -0.1) is 5.41 Å². The molecule has 0 aliphatic heterocycles. The van der Waals surface area contributed by atoms with Gasteiger partial charge >= 0.3 is 0 Å². The van der Waals surface area contributed by atoms with E-state index < -0.39 is 0 Å². The molecule has 0 heterocycles. The van der Waals surface area contributed by atoms with Gasteiger partial charge in [-0.3, -0.25) is 0 Å². The third kappa shape index (κ3) is 3.59. The molecule has 1 rings (SSSR count). The topological polar surface area (TPSA) is 20.2 Å². The Morgan fingerprint density at radius 2 is 1.92 bits per heavy atom. The quantitative estimate of drug-likeness (QED) is 0.789. The fourth-order valence-electron chi connectivity index (χ4n) is 2.05. The second kappa shape index (κ2) is 6.73. The zero-order valence-corrected chi connectivity index (χ0v) is 11.8. The second-order valence-electron chi connectivity index (χ2n) is 3.80. The van der Waals surface area contributed by atoms with Gasteiger partial charge in [-0.05, 0) is 0 Å². The molecule has 0 aromatic heterocycles. The van der Waals surface area contributed by atoms with Crippen molar-refractivity contribution in [1.29, 1.82) is 0 Å². The number of rotatable bonds is 4. The number of hydrogen-bond donors (Lipinski definition) is 1. The van der Waals surface area contributed by atoms with Crippen LogP contribution in [0.4, 0.5) is 0 Å². The van der Waals surface area contributed by atoms with Crippen molar-refractivity contribution in [2.24, 2.45) is 5.41 Å². The van der Waals surface area contributed by atoms with Gasteiger partial charge in [0.05, 0.1) is 0 Å². The van der Waals surface area contributed by atoms with Gasteiger partial charge in [-0.2, -0.15) is 0 Å². The van der Waals surface area contributed by atoms with Crippen molar-refractivity contribution < 1.29 is 46.4 Å². The van der Waals surface area contributed by atoms with Gasteiger partial charge in [0.1, 0.15) is 0 Å². The summed E-state index contributed by atoms with van der Waals surface area (Å²) in [6.45, 7) is 3.68. The van der Waals surface area contributed by atoms with Gasteiger partial charge in [-0.25, -0.2) is 6.61 Å². The predicted octanol–water partition coefficient (Wildman–Crippen LogP) is 3.27. The Kier molecular flexibility index (Phi) is 7.47. The van der Waals surface area contributed by atoms with Crippen LogP contribution in [0.15, 0.2) is 0 Å². The van der Waals surface area contributed by atoms with E-state index in [0.29, 0.717) is 0 Å². The molecule has 1 aliphatic rings. The Balaban J connectivity index is 0.00000121. The molecule has 1 nitrogen and oxygen atoms in total. The summed E-state index contributed by atoms with van der Waals surface area (Å²) >= 11 is 0. The molecule has 0 aromatic carbocycles. The molecule has 2 heteroatoms. The van der Waals surface area contributed by atoms with Crippen molar-refractivity contribution in [3.63, 3.8) is 0 Å². The van der Waals surface area contributed by atoms with Gasteiger partial charge < -0.3 is 5.11 Å². The summed E-state index contributed by atoms with van der Waals surface area (Å²) in [5, 5.41) is 9.12. The number of unbranched alkanes of at least 4 members (excludes halogenated alkanes) is 1. The molecule has 69 valence electrons. The second-order valence-corrected chi connectivity index (χ2v) is 3.80. The Hall–Kier alpha value is 1.32. The van der Waals surface area contributed by atoms with Crippen LogP contribution in [0.2, 0.25) is 0 Å². The van der Waals surface area contributed by atoms with Gasteiger partial charge in [0, 0.05) is 41.3 Å². The molecule has 1 N–H and O–H groups in total. The smallest absolute Gasteiger partial charge is 0 e. The molecule has 12 heavy (non-hydrogen) atoms. The van der Waals surface area contributed by atoms with Crippen LogP contribution in [-0.2, 0) is 0 Å². The summed E-state index contributed by atoms with van der Waals surface area (Å²) in [6, 6.07) is 0. The third-order valence-corrected chi connectivity index (χ3v) is 2.90. The van der Waals surface area contributed by atoms with Crippen LogP contribution in [-0.4, -0.2) is 5.11 Å². The van der Waals surface area contributed by atoms with Gasteiger partial charge in [0.15, 0.2) is 0 Å². The first-order chi connectivity index (χ1) is 5.33. The Labute approximate surface area is 109 Å². The molecule has 0 saturated heterocycles. The van der Waals surface area contributed by atoms with Crippen LogP contribution in [0.1, 0.15) is 51.9 Å². The van der Waals surface area contributed by atoms with E-state index in [1.165, 1.54) is 51.6 Å². The van der Waals surface area contributed by atoms with E-state index in [1.807, 2.05) is 0 Å². The van der Waals surface area contributed by atoms with Crippen LogP contribution < -0.4 is 0 Å². The zero-order valence-electron chi connectivity index (χ0n) is 8.05. The van der Waals surface area contributed by atoms with Gasteiger partial charge in [0.2, 0.25) is 0 Å². The third-order valence-electron chi connectivity index (χ3n) is 2.90. The Morgan fingerprint density at radius 1 is 1.33 bits per heavy atom. The first kappa shape index (κ1) is 13.3. The van der Waals surface area contributed by atoms with E-state index in [9.17, 15) is 0 Å². The molecule has 0 unspecified atom stereocenters. The van der Waals surface area contributed by atoms with Crippen LogP contribution in [0.25, 0.3) is 0 Å². The summed E-state index contributed by atoms with van der Waals surface area (Å²) in [7, 11) is 0. The SMILES string of the molecule is CCCCC1([CH-]O)CCCC1.[Pr]. The van der Waals surface area contributed by atoms with Crippen molar-refractivity contribution in [2.45, 2.75) is 51.9 Å². The van der Waals surface area contributed by atoms with Gasteiger partial charge in [-0.1, -0.05) is 51.9 Å². The molecule has 0 spiro atoms. The summed E-state index contributed by atoms with van der Waals surface area (Å²) in [4.78, 5) is 0. The normalized spacial score (nSPS) is 20.5. The summed E-state index contributed by atoms with van der Waals surface area (Å²) < 4.78 is 0. The summed E-state index contributed by atoms with van der Waals surface area (Å²) in [6.07, 6.45) is 8.74. The van der Waals surface area contributed by atoms with Crippen molar-refractivity contribution in [1.82, 2.24) is 0 Å². The monoisotopic (exact) mass is 296 g/mol. The summed E-state index contributed by atoms with van der Waals surface area (Å²) in [5.74, 6) is 0. The van der Waals surface area contributed by atoms with Crippen molar-refractivity contribution in [2.75, 3.05) is 0 Å². The van der Waals surface area contributed by atoms with Crippen LogP contribution in [0, 0.1) is 53.3 Å².